The van der Waals surface area contributed by atoms with Crippen LogP contribution in [0, 0.1) is 13.8 Å². The Balaban J connectivity index is 1.74. The van der Waals surface area contributed by atoms with Gasteiger partial charge in [0.2, 0.25) is 0 Å². The molecule has 0 spiro atoms. The minimum Gasteiger partial charge on any atom is -0.463 e. The molecule has 0 aliphatic carbocycles. The third kappa shape index (κ3) is 4.84. The Morgan fingerprint density at radius 1 is 1.12 bits per heavy atom. The maximum absolute atomic E-state index is 12.6. The topological polar surface area (TPSA) is 98.1 Å². The van der Waals surface area contributed by atoms with E-state index in [4.69, 9.17) is 4.74 Å². The van der Waals surface area contributed by atoms with Gasteiger partial charge in [-0.3, -0.25) is 4.57 Å². The highest BCUT2D eigenvalue weighted by Crippen LogP contribution is 2.30. The second-order valence-corrected chi connectivity index (χ2v) is 8.94. The molecule has 1 atom stereocenters. The van der Waals surface area contributed by atoms with Crippen molar-refractivity contribution in [3.05, 3.63) is 70.9 Å². The average molecular weight is 478 g/mol. The van der Waals surface area contributed by atoms with Crippen LogP contribution in [0.3, 0.4) is 0 Å². The van der Waals surface area contributed by atoms with E-state index >= 15 is 0 Å². The fourth-order valence-corrected chi connectivity index (χ4v) is 4.69. The molecular formula is C25H27N5O3S. The normalized spacial score (nSPS) is 15.6. The van der Waals surface area contributed by atoms with Crippen LogP contribution < -0.4 is 10.6 Å². The van der Waals surface area contributed by atoms with Crippen LogP contribution in [0.4, 0.5) is 4.79 Å². The Morgan fingerprint density at radius 3 is 2.59 bits per heavy atom. The van der Waals surface area contributed by atoms with Crippen molar-refractivity contribution in [2.24, 2.45) is 0 Å². The number of urea groups is 1. The molecule has 0 saturated heterocycles. The van der Waals surface area contributed by atoms with Gasteiger partial charge < -0.3 is 15.4 Å². The van der Waals surface area contributed by atoms with E-state index in [9.17, 15) is 9.59 Å². The van der Waals surface area contributed by atoms with Gasteiger partial charge in [-0.15, -0.1) is 10.2 Å². The minimum absolute atomic E-state index is 0.255. The van der Waals surface area contributed by atoms with Gasteiger partial charge in [0.1, 0.15) is 0 Å². The van der Waals surface area contributed by atoms with Crippen molar-refractivity contribution >= 4 is 23.8 Å². The van der Waals surface area contributed by atoms with Crippen LogP contribution in [0.1, 0.15) is 25.0 Å². The first-order chi connectivity index (χ1) is 16.4. The summed E-state index contributed by atoms with van der Waals surface area (Å²) in [4.78, 5) is 24.7. The van der Waals surface area contributed by atoms with E-state index in [0.29, 0.717) is 28.0 Å². The van der Waals surface area contributed by atoms with Gasteiger partial charge in [0, 0.05) is 17.0 Å². The van der Waals surface area contributed by atoms with Crippen LogP contribution in [0.15, 0.2) is 65.0 Å². The number of rotatable bonds is 7. The number of hydrogen-bond donors (Lipinski definition) is 2. The number of ether oxygens (including phenoxy) is 1. The largest absolute Gasteiger partial charge is 0.463 e. The predicted molar refractivity (Wildman–Crippen MR) is 132 cm³/mol. The molecule has 2 heterocycles. The van der Waals surface area contributed by atoms with Crippen LogP contribution in [0.25, 0.3) is 17.1 Å². The average Bonchev–Trinajstić information content (AvgIpc) is 3.23. The fourth-order valence-electron chi connectivity index (χ4n) is 3.77. The summed E-state index contributed by atoms with van der Waals surface area (Å²) >= 11 is 1.40. The Morgan fingerprint density at radius 2 is 1.88 bits per heavy atom. The highest BCUT2D eigenvalue weighted by molar-refractivity contribution is 7.99. The molecule has 2 amide bonds. The van der Waals surface area contributed by atoms with E-state index < -0.39 is 12.0 Å². The zero-order valence-corrected chi connectivity index (χ0v) is 20.4. The van der Waals surface area contributed by atoms with Gasteiger partial charge in [-0.1, -0.05) is 48.2 Å². The Bertz CT molecular complexity index is 1250. The smallest absolute Gasteiger partial charge is 0.337 e. The highest BCUT2D eigenvalue weighted by Gasteiger charge is 2.30. The van der Waals surface area contributed by atoms with Crippen LogP contribution in [0.5, 0.6) is 0 Å². The van der Waals surface area contributed by atoms with Crippen molar-refractivity contribution in [2.75, 3.05) is 12.4 Å². The number of esters is 1. The number of amides is 2. The molecule has 2 aromatic carbocycles. The zero-order valence-electron chi connectivity index (χ0n) is 19.6. The molecule has 0 saturated carbocycles. The fraction of sp³-hybridized carbons (Fsp3) is 0.280. The lowest BCUT2D eigenvalue weighted by Gasteiger charge is -2.26. The van der Waals surface area contributed by atoms with Gasteiger partial charge in [-0.25, -0.2) is 9.59 Å². The first-order valence-corrected chi connectivity index (χ1v) is 12.1. The molecule has 0 radical (unpaired) electrons. The molecule has 4 rings (SSSR count). The summed E-state index contributed by atoms with van der Waals surface area (Å²) in [5.74, 6) is 0.594. The lowest BCUT2D eigenvalue weighted by molar-refractivity contribution is -0.138. The predicted octanol–water partition coefficient (Wildman–Crippen LogP) is 4.16. The number of nitrogens with one attached hydrogen (secondary N) is 2. The molecule has 34 heavy (non-hydrogen) atoms. The summed E-state index contributed by atoms with van der Waals surface area (Å²) in [5.41, 5.74) is 5.16. The van der Waals surface area contributed by atoms with Crippen LogP contribution in [-0.2, 0) is 9.53 Å². The molecule has 3 aromatic rings. The van der Waals surface area contributed by atoms with Gasteiger partial charge in [0.15, 0.2) is 11.0 Å². The summed E-state index contributed by atoms with van der Waals surface area (Å²) in [6.07, 6.45) is 0. The quantitative estimate of drug-likeness (QED) is 0.392. The van der Waals surface area contributed by atoms with Gasteiger partial charge in [-0.05, 0) is 51.0 Å². The maximum Gasteiger partial charge on any atom is 0.337 e. The first kappa shape index (κ1) is 23.6. The number of thioether (sulfide) groups is 1. The number of carbonyl (C=O) groups is 2. The summed E-state index contributed by atoms with van der Waals surface area (Å²) < 4.78 is 7.22. The zero-order chi connectivity index (χ0) is 24.2. The van der Waals surface area contributed by atoms with Crippen molar-refractivity contribution in [1.82, 2.24) is 25.4 Å². The first-order valence-electron chi connectivity index (χ1n) is 11.1. The monoisotopic (exact) mass is 477 g/mol. The second kappa shape index (κ2) is 10.1. The van der Waals surface area contributed by atoms with Gasteiger partial charge >= 0.3 is 12.0 Å². The number of hydrogen-bond acceptors (Lipinski definition) is 6. The van der Waals surface area contributed by atoms with Gasteiger partial charge in [-0.2, -0.15) is 0 Å². The number of nitrogens with zero attached hydrogens (tertiary/aromatic N) is 3. The van der Waals surface area contributed by atoms with Crippen LogP contribution in [0.2, 0.25) is 0 Å². The van der Waals surface area contributed by atoms with Crippen LogP contribution in [-0.4, -0.2) is 45.2 Å². The Kier molecular flexibility index (Phi) is 7.02. The Hall–Kier alpha value is -3.59. The summed E-state index contributed by atoms with van der Waals surface area (Å²) in [6.45, 7) is 7.92. The molecule has 0 fully saturated rings. The van der Waals surface area contributed by atoms with Gasteiger partial charge in [0.25, 0.3) is 0 Å². The second-order valence-electron chi connectivity index (χ2n) is 8.00. The molecule has 1 aromatic heterocycles. The van der Waals surface area contributed by atoms with Gasteiger partial charge in [0.05, 0.1) is 23.9 Å². The summed E-state index contributed by atoms with van der Waals surface area (Å²) in [5, 5.41) is 15.1. The van der Waals surface area contributed by atoms with Crippen molar-refractivity contribution < 1.29 is 14.3 Å². The van der Waals surface area contributed by atoms with E-state index in [1.54, 1.807) is 13.8 Å². The Labute approximate surface area is 202 Å². The minimum atomic E-state index is -0.458. The standard InChI is InChI=1S/C25H27N5O3S/c1-5-33-23(31)21-17(4)26-24(32)27-20(21)14-34-25-29-28-22(18-9-7-6-8-10-18)30(25)19-12-11-15(2)16(3)13-19/h6-13,17H,5,14H2,1-4H3,(H2,26,27,32). The van der Waals surface area contributed by atoms with Crippen molar-refractivity contribution in [3.8, 4) is 17.1 Å². The van der Waals surface area contributed by atoms with Crippen molar-refractivity contribution in [1.29, 1.82) is 0 Å². The molecular weight excluding hydrogens is 450 g/mol. The van der Waals surface area contributed by atoms with Crippen molar-refractivity contribution in [3.63, 3.8) is 0 Å². The maximum atomic E-state index is 12.6. The van der Waals surface area contributed by atoms with E-state index in [-0.39, 0.29) is 12.6 Å². The molecule has 8 nitrogen and oxygen atoms in total. The van der Waals surface area contributed by atoms with Crippen molar-refractivity contribution in [2.45, 2.75) is 38.9 Å². The van der Waals surface area contributed by atoms with E-state index in [1.807, 2.05) is 41.0 Å². The van der Waals surface area contributed by atoms with E-state index in [1.165, 1.54) is 17.3 Å². The number of aryl methyl sites for hydroxylation is 2. The number of benzene rings is 2. The lowest BCUT2D eigenvalue weighted by Crippen LogP contribution is -2.49. The van der Waals surface area contributed by atoms with E-state index in [0.717, 1.165) is 16.8 Å². The molecule has 0 bridgehead atoms. The summed E-state index contributed by atoms with van der Waals surface area (Å²) in [6, 6.07) is 15.3. The molecule has 9 heteroatoms. The molecule has 1 unspecified atom stereocenters. The number of carbonyl (C=O) groups excluding carboxylic acids is 2. The third-order valence-corrected chi connectivity index (χ3v) is 6.58. The highest BCUT2D eigenvalue weighted by atomic mass is 32.2. The SMILES string of the molecule is CCOC(=O)C1=C(CSc2nnc(-c3ccccc3)n2-c2ccc(C)c(C)c2)NC(=O)NC1C. The third-order valence-electron chi connectivity index (χ3n) is 5.63. The summed E-state index contributed by atoms with van der Waals surface area (Å²) in [7, 11) is 0. The molecule has 2 N–H and O–H groups in total. The van der Waals surface area contributed by atoms with E-state index in [2.05, 4.69) is 46.8 Å². The lowest BCUT2D eigenvalue weighted by atomic mass is 10.1. The molecule has 176 valence electrons. The van der Waals surface area contributed by atoms with Crippen LogP contribution >= 0.6 is 11.8 Å². The number of aromatic nitrogens is 3. The molecule has 1 aliphatic rings. The molecule has 1 aliphatic heterocycles.